The normalized spacial score (nSPS) is 20.5. The zero-order chi connectivity index (χ0) is 22.8. The molecule has 7 nitrogen and oxygen atoms in total. The second-order valence-electron chi connectivity index (χ2n) is 8.58. The monoisotopic (exact) mass is 463 g/mol. The fourth-order valence-electron chi connectivity index (χ4n) is 4.46. The second kappa shape index (κ2) is 9.37. The lowest BCUT2D eigenvalue weighted by Gasteiger charge is -2.36. The van der Waals surface area contributed by atoms with Crippen LogP contribution in [0.2, 0.25) is 5.02 Å². The summed E-state index contributed by atoms with van der Waals surface area (Å²) < 4.78 is 0. The number of aliphatic hydroxyl groups is 1. The lowest BCUT2D eigenvalue weighted by molar-refractivity contribution is 0.126. The van der Waals surface area contributed by atoms with Crippen molar-refractivity contribution in [3.8, 4) is 0 Å². The fraction of sp³-hybridized carbons (Fsp3) is 0.320. The molecule has 8 heteroatoms. The molecular formula is C25H26ClN5O2. The highest BCUT2D eigenvalue weighted by molar-refractivity contribution is 6.34. The van der Waals surface area contributed by atoms with Gasteiger partial charge in [-0.2, -0.15) is 4.98 Å². The summed E-state index contributed by atoms with van der Waals surface area (Å²) in [7, 11) is 0. The molecule has 0 spiro atoms. The van der Waals surface area contributed by atoms with Gasteiger partial charge in [0.05, 0.1) is 29.9 Å². The number of carbonyl (C=O) groups is 1. The van der Waals surface area contributed by atoms with E-state index < -0.39 is 0 Å². The molecule has 0 bridgehead atoms. The Balaban J connectivity index is 1.48. The molecule has 2 aliphatic rings. The number of nitrogens with zero attached hydrogens (tertiary/aromatic N) is 4. The van der Waals surface area contributed by atoms with Crippen LogP contribution in [0.15, 0.2) is 60.8 Å². The van der Waals surface area contributed by atoms with Crippen molar-refractivity contribution in [3.63, 3.8) is 0 Å². The number of urea groups is 1. The number of anilines is 3. The minimum Gasteiger partial charge on any atom is -0.393 e. The van der Waals surface area contributed by atoms with E-state index in [-0.39, 0.29) is 18.2 Å². The molecule has 2 heterocycles. The molecule has 3 aromatic rings. The van der Waals surface area contributed by atoms with E-state index in [4.69, 9.17) is 16.6 Å². The van der Waals surface area contributed by atoms with Crippen LogP contribution < -0.4 is 15.1 Å². The molecule has 0 unspecified atom stereocenters. The number of aliphatic hydroxyl groups excluding tert-OH is 1. The van der Waals surface area contributed by atoms with Gasteiger partial charge in [-0.1, -0.05) is 54.1 Å². The van der Waals surface area contributed by atoms with Crippen molar-refractivity contribution < 1.29 is 9.90 Å². The number of carbonyl (C=O) groups excluding carboxylic acids is 1. The van der Waals surface area contributed by atoms with E-state index in [1.165, 1.54) is 0 Å². The van der Waals surface area contributed by atoms with Crippen LogP contribution in [0.5, 0.6) is 0 Å². The largest absolute Gasteiger partial charge is 0.393 e. The van der Waals surface area contributed by atoms with Crippen LogP contribution in [0.25, 0.3) is 0 Å². The zero-order valence-corrected chi connectivity index (χ0v) is 18.9. The average Bonchev–Trinajstić information content (AvgIpc) is 2.83. The highest BCUT2D eigenvalue weighted by atomic mass is 35.5. The van der Waals surface area contributed by atoms with Crippen LogP contribution in [0.1, 0.15) is 36.8 Å². The second-order valence-corrected chi connectivity index (χ2v) is 8.99. The van der Waals surface area contributed by atoms with E-state index in [9.17, 15) is 9.90 Å². The molecule has 5 rings (SSSR count). The summed E-state index contributed by atoms with van der Waals surface area (Å²) in [5.41, 5.74) is 2.53. The van der Waals surface area contributed by atoms with Gasteiger partial charge in [0.2, 0.25) is 5.95 Å². The van der Waals surface area contributed by atoms with Crippen LogP contribution in [0, 0.1) is 0 Å². The van der Waals surface area contributed by atoms with Gasteiger partial charge < -0.3 is 10.4 Å². The Hall–Kier alpha value is -3.16. The molecule has 33 heavy (non-hydrogen) atoms. The highest BCUT2D eigenvalue weighted by Crippen LogP contribution is 2.35. The van der Waals surface area contributed by atoms with Crippen molar-refractivity contribution in [2.75, 3.05) is 15.1 Å². The van der Waals surface area contributed by atoms with E-state index in [0.717, 1.165) is 36.8 Å². The van der Waals surface area contributed by atoms with Gasteiger partial charge in [0.25, 0.3) is 0 Å². The molecule has 0 radical (unpaired) electrons. The number of amides is 2. The standard InChI is InChI=1S/C25H26ClN5O2/c26-21-8-4-5-9-22(21)30-16-18-14-27-24(28-19-10-12-20(32)13-11-19)29-23(18)31(25(30)33)15-17-6-2-1-3-7-17/h1-9,14,19-20,32H,10-13,15-16H2,(H,27,28,29). The Morgan fingerprint density at radius 3 is 2.52 bits per heavy atom. The van der Waals surface area contributed by atoms with Crippen LogP contribution in [0.4, 0.5) is 22.2 Å². The smallest absolute Gasteiger partial charge is 0.330 e. The van der Waals surface area contributed by atoms with Crippen LogP contribution in [-0.2, 0) is 13.1 Å². The summed E-state index contributed by atoms with van der Waals surface area (Å²) in [6.07, 6.45) is 4.85. The molecule has 2 aromatic carbocycles. The average molecular weight is 464 g/mol. The maximum absolute atomic E-state index is 13.7. The van der Waals surface area contributed by atoms with E-state index in [1.54, 1.807) is 22.1 Å². The summed E-state index contributed by atoms with van der Waals surface area (Å²) >= 11 is 6.43. The zero-order valence-electron chi connectivity index (χ0n) is 18.2. The molecule has 1 aromatic heterocycles. The van der Waals surface area contributed by atoms with Gasteiger partial charge in [0.15, 0.2) is 0 Å². The number of halogens is 1. The van der Waals surface area contributed by atoms with Gasteiger partial charge in [0, 0.05) is 17.8 Å². The third-order valence-corrected chi connectivity index (χ3v) is 6.56. The minimum atomic E-state index is -0.220. The SMILES string of the molecule is O=C1N(c2ccccc2Cl)Cc2cnc(NC3CCC(O)CC3)nc2N1Cc1ccccc1. The van der Waals surface area contributed by atoms with Crippen molar-refractivity contribution in [2.45, 2.75) is 50.9 Å². The van der Waals surface area contributed by atoms with E-state index >= 15 is 0 Å². The lowest BCUT2D eigenvalue weighted by atomic mass is 9.93. The van der Waals surface area contributed by atoms with Crippen LogP contribution in [0.3, 0.4) is 0 Å². The van der Waals surface area contributed by atoms with Crippen molar-refractivity contribution >= 4 is 35.1 Å². The number of aromatic nitrogens is 2. The number of fused-ring (bicyclic) bond motifs is 1. The van der Waals surface area contributed by atoms with Crippen molar-refractivity contribution in [1.82, 2.24) is 9.97 Å². The Morgan fingerprint density at radius 2 is 1.76 bits per heavy atom. The molecule has 0 atom stereocenters. The first-order chi connectivity index (χ1) is 16.1. The summed E-state index contributed by atoms with van der Waals surface area (Å²) in [6, 6.07) is 17.3. The van der Waals surface area contributed by atoms with Gasteiger partial charge in [-0.3, -0.25) is 9.80 Å². The third-order valence-electron chi connectivity index (χ3n) is 6.24. The van der Waals surface area contributed by atoms with E-state index in [0.29, 0.717) is 35.6 Å². The van der Waals surface area contributed by atoms with Gasteiger partial charge in [0.1, 0.15) is 5.82 Å². The van der Waals surface area contributed by atoms with Crippen molar-refractivity contribution in [1.29, 1.82) is 0 Å². The number of para-hydroxylation sites is 1. The Labute approximate surface area is 198 Å². The van der Waals surface area contributed by atoms with Crippen molar-refractivity contribution in [3.05, 3.63) is 76.9 Å². The van der Waals surface area contributed by atoms with E-state index in [1.807, 2.05) is 48.5 Å². The first kappa shape index (κ1) is 21.7. The van der Waals surface area contributed by atoms with Gasteiger partial charge >= 0.3 is 6.03 Å². The molecular weight excluding hydrogens is 438 g/mol. The third kappa shape index (κ3) is 4.65. The molecule has 2 N–H and O–H groups in total. The minimum absolute atomic E-state index is 0.176. The molecule has 1 saturated carbocycles. The predicted octanol–water partition coefficient (Wildman–Crippen LogP) is 4.99. The number of rotatable bonds is 5. The molecule has 170 valence electrons. The summed E-state index contributed by atoms with van der Waals surface area (Å²) in [5, 5.41) is 13.7. The Bertz CT molecular complexity index is 1130. The van der Waals surface area contributed by atoms with Gasteiger partial charge in [-0.15, -0.1) is 0 Å². The molecule has 1 aliphatic heterocycles. The number of benzene rings is 2. The van der Waals surface area contributed by atoms with E-state index in [2.05, 4.69) is 10.3 Å². The molecule has 0 saturated heterocycles. The Morgan fingerprint density at radius 1 is 1.03 bits per heavy atom. The maximum Gasteiger partial charge on any atom is 0.330 e. The lowest BCUT2D eigenvalue weighted by Crippen LogP contribution is -2.47. The van der Waals surface area contributed by atoms with Gasteiger partial charge in [-0.05, 0) is 43.4 Å². The number of hydrogen-bond donors (Lipinski definition) is 2. The Kier molecular flexibility index (Phi) is 6.15. The highest BCUT2D eigenvalue weighted by Gasteiger charge is 2.34. The van der Waals surface area contributed by atoms with Crippen LogP contribution in [-0.4, -0.2) is 33.3 Å². The first-order valence-electron chi connectivity index (χ1n) is 11.3. The van der Waals surface area contributed by atoms with Gasteiger partial charge in [-0.25, -0.2) is 9.78 Å². The summed E-state index contributed by atoms with van der Waals surface area (Å²) in [4.78, 5) is 26.3. The summed E-state index contributed by atoms with van der Waals surface area (Å²) in [5.74, 6) is 1.12. The first-order valence-corrected chi connectivity index (χ1v) is 11.6. The topological polar surface area (TPSA) is 81.6 Å². The molecule has 2 amide bonds. The van der Waals surface area contributed by atoms with Crippen LogP contribution >= 0.6 is 11.6 Å². The number of nitrogens with one attached hydrogen (secondary N) is 1. The predicted molar refractivity (Wildman–Crippen MR) is 130 cm³/mol. The quantitative estimate of drug-likeness (QED) is 0.557. The molecule has 1 fully saturated rings. The van der Waals surface area contributed by atoms with Crippen molar-refractivity contribution in [2.24, 2.45) is 0 Å². The number of hydrogen-bond acceptors (Lipinski definition) is 5. The summed E-state index contributed by atoms with van der Waals surface area (Å²) in [6.45, 7) is 0.735. The molecule has 1 aliphatic carbocycles. The fourth-order valence-corrected chi connectivity index (χ4v) is 4.69. The maximum atomic E-state index is 13.7.